The van der Waals surface area contributed by atoms with E-state index in [4.69, 9.17) is 13.7 Å². The smallest absolute Gasteiger partial charge is 0.258 e. The maximum absolute atomic E-state index is 12.9. The lowest BCUT2D eigenvalue weighted by atomic mass is 10.1. The van der Waals surface area contributed by atoms with Crippen LogP contribution in [0.25, 0.3) is 0 Å². The van der Waals surface area contributed by atoms with Gasteiger partial charge in [0, 0.05) is 19.6 Å². The maximum atomic E-state index is 12.9. The van der Waals surface area contributed by atoms with E-state index in [9.17, 15) is 4.79 Å². The van der Waals surface area contributed by atoms with Crippen LogP contribution in [-0.2, 0) is 11.3 Å². The molecule has 0 N–H and O–H groups in total. The Kier molecular flexibility index (Phi) is 4.71. The van der Waals surface area contributed by atoms with Crippen molar-refractivity contribution in [3.05, 3.63) is 34.9 Å². The largest absolute Gasteiger partial charge is 0.463 e. The predicted molar refractivity (Wildman–Crippen MR) is 85.6 cm³/mol. The van der Waals surface area contributed by atoms with Crippen LogP contribution in [0.2, 0.25) is 0 Å². The van der Waals surface area contributed by atoms with Gasteiger partial charge in [-0.3, -0.25) is 4.79 Å². The van der Waals surface area contributed by atoms with Crippen LogP contribution < -0.4 is 0 Å². The number of rotatable bonds is 5. The van der Waals surface area contributed by atoms with Gasteiger partial charge in [-0.1, -0.05) is 19.0 Å². The van der Waals surface area contributed by atoms with Crippen molar-refractivity contribution in [2.45, 2.75) is 52.2 Å². The zero-order valence-corrected chi connectivity index (χ0v) is 14.5. The van der Waals surface area contributed by atoms with E-state index in [0.29, 0.717) is 42.0 Å². The molecule has 0 aromatic carbocycles. The molecule has 0 radical (unpaired) electrons. The number of nitrogens with zero attached hydrogens (tertiary/aromatic N) is 3. The number of carbonyl (C=O) groups excluding carboxylic acids is 1. The molecule has 1 saturated heterocycles. The van der Waals surface area contributed by atoms with Crippen molar-refractivity contribution in [3.8, 4) is 0 Å². The number of hydrogen-bond donors (Lipinski definition) is 0. The van der Waals surface area contributed by atoms with Crippen LogP contribution in [0, 0.1) is 6.92 Å². The van der Waals surface area contributed by atoms with E-state index in [2.05, 4.69) is 10.1 Å². The van der Waals surface area contributed by atoms with Crippen LogP contribution in [-0.4, -0.2) is 34.6 Å². The van der Waals surface area contributed by atoms with Gasteiger partial charge in [-0.05, 0) is 25.8 Å². The number of aromatic nitrogens is 2. The van der Waals surface area contributed by atoms with Crippen LogP contribution in [0.1, 0.15) is 72.2 Å². The molecule has 3 heterocycles. The molecular weight excluding hydrogens is 310 g/mol. The molecule has 1 aliphatic heterocycles. The molecule has 2 aromatic heterocycles. The van der Waals surface area contributed by atoms with Gasteiger partial charge >= 0.3 is 0 Å². The van der Waals surface area contributed by atoms with Crippen LogP contribution >= 0.6 is 0 Å². The summed E-state index contributed by atoms with van der Waals surface area (Å²) in [5.41, 5.74) is 0.571. The molecule has 3 rings (SSSR count). The van der Waals surface area contributed by atoms with Crippen LogP contribution in [0.3, 0.4) is 0 Å². The summed E-state index contributed by atoms with van der Waals surface area (Å²) >= 11 is 0. The fraction of sp³-hybridized carbons (Fsp3) is 0.588. The number of furan rings is 1. The van der Waals surface area contributed by atoms with Gasteiger partial charge in [-0.15, -0.1) is 0 Å². The molecule has 0 unspecified atom stereocenters. The molecule has 0 saturated carbocycles. The second kappa shape index (κ2) is 6.76. The minimum atomic E-state index is -0.145. The van der Waals surface area contributed by atoms with Crippen molar-refractivity contribution in [3.63, 3.8) is 0 Å². The predicted octanol–water partition coefficient (Wildman–Crippen LogP) is 3.22. The van der Waals surface area contributed by atoms with Crippen LogP contribution in [0.15, 0.2) is 15.0 Å². The van der Waals surface area contributed by atoms with Gasteiger partial charge < -0.3 is 18.6 Å². The molecule has 2 aromatic rings. The highest BCUT2D eigenvalue weighted by molar-refractivity contribution is 5.95. The highest BCUT2D eigenvalue weighted by Gasteiger charge is 2.35. The molecule has 1 atom stereocenters. The van der Waals surface area contributed by atoms with E-state index < -0.39 is 0 Å². The molecular formula is C17H23N3O4. The first kappa shape index (κ1) is 16.7. The number of likely N-dealkylation sites (tertiary alicyclic amines) is 1. The van der Waals surface area contributed by atoms with Gasteiger partial charge in [-0.2, -0.15) is 4.98 Å². The first-order valence-electron chi connectivity index (χ1n) is 8.24. The highest BCUT2D eigenvalue weighted by atomic mass is 16.5. The van der Waals surface area contributed by atoms with Crippen LogP contribution in [0.5, 0.6) is 0 Å². The minimum absolute atomic E-state index is 0.0583. The number of carbonyl (C=O) groups is 1. The van der Waals surface area contributed by atoms with Crippen molar-refractivity contribution in [1.29, 1.82) is 0 Å². The average molecular weight is 333 g/mol. The van der Waals surface area contributed by atoms with Crippen molar-refractivity contribution < 1.29 is 18.5 Å². The second-order valence-corrected chi connectivity index (χ2v) is 6.42. The summed E-state index contributed by atoms with van der Waals surface area (Å²) in [6.45, 7) is 6.82. The minimum Gasteiger partial charge on any atom is -0.463 e. The van der Waals surface area contributed by atoms with Gasteiger partial charge in [0.25, 0.3) is 5.91 Å². The third kappa shape index (κ3) is 3.08. The van der Waals surface area contributed by atoms with Crippen molar-refractivity contribution >= 4 is 5.91 Å². The normalized spacial score (nSPS) is 17.9. The Labute approximate surface area is 141 Å². The molecule has 7 nitrogen and oxygen atoms in total. The summed E-state index contributed by atoms with van der Waals surface area (Å²) < 4.78 is 16.0. The quantitative estimate of drug-likeness (QED) is 0.835. The number of aryl methyl sites for hydroxylation is 1. The van der Waals surface area contributed by atoms with Crippen molar-refractivity contribution in [2.24, 2.45) is 0 Å². The molecule has 24 heavy (non-hydrogen) atoms. The summed E-state index contributed by atoms with van der Waals surface area (Å²) in [5.74, 6) is 2.56. The fourth-order valence-corrected chi connectivity index (χ4v) is 3.02. The molecule has 1 amide bonds. The summed E-state index contributed by atoms with van der Waals surface area (Å²) in [7, 11) is 1.60. The summed E-state index contributed by atoms with van der Waals surface area (Å²) in [6, 6.07) is 1.61. The lowest BCUT2D eigenvalue weighted by Crippen LogP contribution is -2.31. The SMILES string of the molecule is COCc1cc(C(=O)N2CCC[C@H]2c2noc(C(C)C)n2)c(C)o1. The summed E-state index contributed by atoms with van der Waals surface area (Å²) in [6.07, 6.45) is 1.76. The van der Waals surface area contributed by atoms with E-state index in [0.717, 1.165) is 12.8 Å². The Morgan fingerprint density at radius 1 is 1.50 bits per heavy atom. The van der Waals surface area contributed by atoms with Gasteiger partial charge in [0.05, 0.1) is 11.6 Å². The van der Waals surface area contributed by atoms with Gasteiger partial charge in [0.15, 0.2) is 5.82 Å². The third-order valence-corrected chi connectivity index (χ3v) is 4.25. The number of hydrogen-bond acceptors (Lipinski definition) is 6. The van der Waals surface area contributed by atoms with Crippen molar-refractivity contribution in [2.75, 3.05) is 13.7 Å². The summed E-state index contributed by atoms with van der Waals surface area (Å²) in [5, 5.41) is 4.08. The van der Waals surface area contributed by atoms with Crippen molar-refractivity contribution in [1.82, 2.24) is 15.0 Å². The lowest BCUT2D eigenvalue weighted by molar-refractivity contribution is 0.0726. The monoisotopic (exact) mass is 333 g/mol. The van der Waals surface area contributed by atoms with E-state index in [-0.39, 0.29) is 17.9 Å². The average Bonchev–Trinajstić information content (AvgIpc) is 3.25. The van der Waals surface area contributed by atoms with E-state index in [1.54, 1.807) is 20.1 Å². The first-order chi connectivity index (χ1) is 11.5. The van der Waals surface area contributed by atoms with Gasteiger partial charge in [0.1, 0.15) is 18.1 Å². The zero-order valence-electron chi connectivity index (χ0n) is 14.5. The molecule has 0 aliphatic carbocycles. The van der Waals surface area contributed by atoms with E-state index in [1.807, 2.05) is 18.7 Å². The van der Waals surface area contributed by atoms with Gasteiger partial charge in [0.2, 0.25) is 5.89 Å². The third-order valence-electron chi connectivity index (χ3n) is 4.25. The number of methoxy groups -OCH3 is 1. The Hall–Kier alpha value is -2.15. The second-order valence-electron chi connectivity index (χ2n) is 6.42. The highest BCUT2D eigenvalue weighted by Crippen LogP contribution is 2.33. The Balaban J connectivity index is 1.83. The maximum Gasteiger partial charge on any atom is 0.258 e. The zero-order chi connectivity index (χ0) is 17.3. The Bertz CT molecular complexity index is 719. The number of ether oxygens (including phenoxy) is 1. The molecule has 1 fully saturated rings. The van der Waals surface area contributed by atoms with Crippen LogP contribution in [0.4, 0.5) is 0 Å². The molecule has 1 aliphatic rings. The van der Waals surface area contributed by atoms with E-state index in [1.165, 1.54) is 0 Å². The Morgan fingerprint density at radius 2 is 2.29 bits per heavy atom. The molecule has 0 spiro atoms. The topological polar surface area (TPSA) is 81.6 Å². The first-order valence-corrected chi connectivity index (χ1v) is 8.24. The standard InChI is InChI=1S/C17H23N3O4/c1-10(2)16-18-15(19-24-16)14-6-5-7-20(14)17(21)13-8-12(9-22-4)23-11(13)3/h8,10,14H,5-7,9H2,1-4H3/t14-/m0/s1. The number of amides is 1. The molecule has 130 valence electrons. The van der Waals surface area contributed by atoms with E-state index >= 15 is 0 Å². The summed E-state index contributed by atoms with van der Waals surface area (Å²) in [4.78, 5) is 19.2. The molecule has 7 heteroatoms. The lowest BCUT2D eigenvalue weighted by Gasteiger charge is -2.21. The fourth-order valence-electron chi connectivity index (χ4n) is 3.02. The molecule has 0 bridgehead atoms. The van der Waals surface area contributed by atoms with Gasteiger partial charge in [-0.25, -0.2) is 0 Å². The Morgan fingerprint density at radius 3 is 2.96 bits per heavy atom.